The lowest BCUT2D eigenvalue weighted by molar-refractivity contribution is -0.384. The Labute approximate surface area is 154 Å². The second-order valence-corrected chi connectivity index (χ2v) is 8.68. The van der Waals surface area contributed by atoms with Crippen LogP contribution in [0, 0.1) is 17.0 Å². The van der Waals surface area contributed by atoms with Crippen molar-refractivity contribution in [3.8, 4) is 0 Å². The molecule has 0 bridgehead atoms. The van der Waals surface area contributed by atoms with Gasteiger partial charge in [0, 0.05) is 18.2 Å². The van der Waals surface area contributed by atoms with Gasteiger partial charge in [-0.15, -0.1) is 0 Å². The van der Waals surface area contributed by atoms with E-state index in [0.717, 1.165) is 6.07 Å². The molecule has 0 aliphatic carbocycles. The molecule has 1 aliphatic rings. The smallest absolute Gasteiger partial charge is 0.270 e. The minimum absolute atomic E-state index is 0.0325. The second-order valence-electron chi connectivity index (χ2n) is 6.05. The van der Waals surface area contributed by atoms with Crippen LogP contribution in [-0.4, -0.2) is 40.5 Å². The van der Waals surface area contributed by atoms with Gasteiger partial charge in [0.05, 0.1) is 38.8 Å². The summed E-state index contributed by atoms with van der Waals surface area (Å²) in [6, 6.07) is 4.83. The summed E-state index contributed by atoms with van der Waals surface area (Å²) in [5.41, 5.74) is 0.477. The molecule has 9 nitrogen and oxygen atoms in total. The summed E-state index contributed by atoms with van der Waals surface area (Å²) in [4.78, 5) is 22.6. The van der Waals surface area contributed by atoms with Gasteiger partial charge in [-0.1, -0.05) is 11.6 Å². The van der Waals surface area contributed by atoms with Crippen LogP contribution in [0.2, 0.25) is 5.02 Å². The summed E-state index contributed by atoms with van der Waals surface area (Å²) >= 11 is 5.98. The maximum atomic E-state index is 12.5. The molecule has 2 heterocycles. The molecule has 26 heavy (non-hydrogen) atoms. The van der Waals surface area contributed by atoms with Crippen LogP contribution in [0.1, 0.15) is 28.5 Å². The van der Waals surface area contributed by atoms with Gasteiger partial charge >= 0.3 is 0 Å². The van der Waals surface area contributed by atoms with Gasteiger partial charge in [-0.25, -0.2) is 13.1 Å². The van der Waals surface area contributed by atoms with E-state index in [2.05, 4.69) is 10.4 Å². The number of benzene rings is 1. The van der Waals surface area contributed by atoms with E-state index in [0.29, 0.717) is 17.9 Å². The first-order valence-electron chi connectivity index (χ1n) is 7.68. The van der Waals surface area contributed by atoms with Crippen LogP contribution in [0.25, 0.3) is 0 Å². The maximum Gasteiger partial charge on any atom is 0.270 e. The molecule has 0 saturated carbocycles. The van der Waals surface area contributed by atoms with Crippen LogP contribution in [0.5, 0.6) is 0 Å². The fraction of sp³-hybridized carbons (Fsp3) is 0.333. The van der Waals surface area contributed by atoms with E-state index < -0.39 is 20.7 Å². The fourth-order valence-corrected chi connectivity index (χ4v) is 4.79. The molecular formula is C15H15ClN4O5S. The number of halogens is 1. The zero-order valence-corrected chi connectivity index (χ0v) is 15.2. The lowest BCUT2D eigenvalue weighted by atomic mass is 10.2. The van der Waals surface area contributed by atoms with Crippen molar-refractivity contribution in [1.29, 1.82) is 0 Å². The van der Waals surface area contributed by atoms with Crippen LogP contribution in [-0.2, 0) is 9.84 Å². The first-order chi connectivity index (χ1) is 12.2. The number of rotatable bonds is 4. The Balaban J connectivity index is 1.86. The van der Waals surface area contributed by atoms with Gasteiger partial charge < -0.3 is 5.32 Å². The van der Waals surface area contributed by atoms with Crippen molar-refractivity contribution < 1.29 is 18.1 Å². The number of anilines is 1. The summed E-state index contributed by atoms with van der Waals surface area (Å²) in [6.45, 7) is 1.73. The van der Waals surface area contributed by atoms with Crippen molar-refractivity contribution >= 4 is 38.9 Å². The number of aryl methyl sites for hydroxylation is 1. The molecule has 1 unspecified atom stereocenters. The molecule has 1 saturated heterocycles. The third kappa shape index (κ3) is 3.70. The number of nitro groups is 1. The third-order valence-electron chi connectivity index (χ3n) is 4.06. The fourth-order valence-electron chi connectivity index (χ4n) is 2.84. The number of carbonyl (C=O) groups is 1. The van der Waals surface area contributed by atoms with Crippen molar-refractivity contribution in [1.82, 2.24) is 9.78 Å². The highest BCUT2D eigenvalue weighted by Gasteiger charge is 2.31. The highest BCUT2D eigenvalue weighted by atomic mass is 35.5. The Kier molecular flexibility index (Phi) is 4.72. The Bertz CT molecular complexity index is 1000. The number of aromatic nitrogens is 2. The molecule has 0 radical (unpaired) electrons. The van der Waals surface area contributed by atoms with Crippen LogP contribution >= 0.6 is 11.6 Å². The summed E-state index contributed by atoms with van der Waals surface area (Å²) in [7, 11) is -3.11. The number of amides is 1. The van der Waals surface area contributed by atoms with Crippen molar-refractivity contribution in [3.05, 3.63) is 50.7 Å². The Morgan fingerprint density at radius 3 is 2.73 bits per heavy atom. The van der Waals surface area contributed by atoms with E-state index in [-0.39, 0.29) is 33.8 Å². The molecule has 138 valence electrons. The second kappa shape index (κ2) is 6.69. The molecule has 1 aliphatic heterocycles. The number of sulfone groups is 1. The van der Waals surface area contributed by atoms with Gasteiger partial charge in [-0.3, -0.25) is 14.9 Å². The Morgan fingerprint density at radius 1 is 1.42 bits per heavy atom. The van der Waals surface area contributed by atoms with E-state index >= 15 is 0 Å². The van der Waals surface area contributed by atoms with E-state index in [9.17, 15) is 23.3 Å². The Hall–Kier alpha value is -2.46. The number of hydrogen-bond donors (Lipinski definition) is 1. The van der Waals surface area contributed by atoms with Crippen LogP contribution in [0.4, 0.5) is 11.5 Å². The van der Waals surface area contributed by atoms with Crippen LogP contribution in [0.15, 0.2) is 24.3 Å². The molecule has 1 atom stereocenters. The van der Waals surface area contributed by atoms with Crippen molar-refractivity contribution in [2.45, 2.75) is 19.4 Å². The summed E-state index contributed by atoms with van der Waals surface area (Å²) < 4.78 is 24.9. The Morgan fingerprint density at radius 2 is 2.15 bits per heavy atom. The molecule has 1 N–H and O–H groups in total. The molecule has 11 heteroatoms. The first kappa shape index (κ1) is 18.3. The van der Waals surface area contributed by atoms with E-state index in [1.165, 1.54) is 16.8 Å². The van der Waals surface area contributed by atoms with Gasteiger partial charge in [0.2, 0.25) is 0 Å². The normalized spacial score (nSPS) is 18.6. The number of nitrogens with zero attached hydrogens (tertiary/aromatic N) is 3. The first-order valence-corrected chi connectivity index (χ1v) is 9.88. The number of hydrogen-bond acceptors (Lipinski definition) is 6. The highest BCUT2D eigenvalue weighted by molar-refractivity contribution is 7.91. The third-order valence-corrected chi connectivity index (χ3v) is 6.12. The van der Waals surface area contributed by atoms with Crippen molar-refractivity contribution in [2.75, 3.05) is 16.8 Å². The molecule has 2 aromatic rings. The predicted octanol–water partition coefficient (Wildman–Crippen LogP) is 2.37. The lowest BCUT2D eigenvalue weighted by Crippen LogP contribution is -2.19. The molecule has 0 spiro atoms. The summed E-state index contributed by atoms with van der Waals surface area (Å²) in [6.07, 6.45) is 0.421. The average Bonchev–Trinajstić information content (AvgIpc) is 3.08. The van der Waals surface area contributed by atoms with Gasteiger partial charge in [0.25, 0.3) is 11.6 Å². The van der Waals surface area contributed by atoms with Gasteiger partial charge in [0.1, 0.15) is 5.82 Å². The number of nitrogens with one attached hydrogen (secondary N) is 1. The quantitative estimate of drug-likeness (QED) is 0.622. The minimum Gasteiger partial charge on any atom is -0.307 e. The zero-order valence-electron chi connectivity index (χ0n) is 13.7. The van der Waals surface area contributed by atoms with Crippen molar-refractivity contribution in [2.24, 2.45) is 0 Å². The molecular weight excluding hydrogens is 384 g/mol. The average molecular weight is 399 g/mol. The van der Waals surface area contributed by atoms with E-state index in [1.807, 2.05) is 0 Å². The molecule has 1 amide bonds. The topological polar surface area (TPSA) is 124 Å². The highest BCUT2D eigenvalue weighted by Crippen LogP contribution is 2.28. The number of carbonyl (C=O) groups excluding carboxylic acids is 1. The van der Waals surface area contributed by atoms with E-state index in [1.54, 1.807) is 13.0 Å². The van der Waals surface area contributed by atoms with Gasteiger partial charge in [0.15, 0.2) is 9.84 Å². The summed E-state index contributed by atoms with van der Waals surface area (Å²) in [5.74, 6) is -0.163. The number of nitro benzene ring substituents is 1. The maximum absolute atomic E-state index is 12.5. The summed E-state index contributed by atoms with van der Waals surface area (Å²) in [5, 5.41) is 17.6. The lowest BCUT2D eigenvalue weighted by Gasteiger charge is -2.14. The van der Waals surface area contributed by atoms with E-state index in [4.69, 9.17) is 11.6 Å². The molecule has 1 aromatic heterocycles. The standard InChI is InChI=1S/C15H15ClN4O5S/c1-9-6-14(19(18-9)11-4-5-26(24,25)8-11)17-15(21)12-3-2-10(20(22)23)7-13(12)16/h2-3,6-7,11H,4-5,8H2,1H3,(H,17,21). The largest absolute Gasteiger partial charge is 0.307 e. The predicted molar refractivity (Wildman–Crippen MR) is 95.3 cm³/mol. The molecule has 3 rings (SSSR count). The SMILES string of the molecule is Cc1cc(NC(=O)c2ccc([N+](=O)[O-])cc2Cl)n(C2CCS(=O)(=O)C2)n1. The van der Waals surface area contributed by atoms with Crippen LogP contribution in [0.3, 0.4) is 0 Å². The van der Waals surface area contributed by atoms with Gasteiger partial charge in [-0.05, 0) is 19.4 Å². The monoisotopic (exact) mass is 398 g/mol. The molecule has 1 aromatic carbocycles. The van der Waals surface area contributed by atoms with Crippen molar-refractivity contribution in [3.63, 3.8) is 0 Å². The zero-order chi connectivity index (χ0) is 19.1. The van der Waals surface area contributed by atoms with Crippen LogP contribution < -0.4 is 5.32 Å². The molecule has 1 fully saturated rings. The minimum atomic E-state index is -3.11. The van der Waals surface area contributed by atoms with Gasteiger partial charge in [-0.2, -0.15) is 5.10 Å². The number of non-ortho nitro benzene ring substituents is 1.